The average molecular weight is 346 g/mol. The van der Waals surface area contributed by atoms with Gasteiger partial charge in [0, 0.05) is 23.9 Å². The van der Waals surface area contributed by atoms with Crippen molar-refractivity contribution < 1.29 is 9.59 Å². The fourth-order valence-electron chi connectivity index (χ4n) is 2.51. The van der Waals surface area contributed by atoms with Crippen LogP contribution in [0, 0.1) is 5.41 Å². The molecule has 24 heavy (non-hydrogen) atoms. The van der Waals surface area contributed by atoms with E-state index in [1.807, 2.05) is 44.2 Å². The van der Waals surface area contributed by atoms with Crippen LogP contribution in [0.1, 0.15) is 26.7 Å². The molecule has 0 saturated heterocycles. The van der Waals surface area contributed by atoms with Crippen LogP contribution < -0.4 is 21.5 Å². The number of rotatable bonds is 4. The zero-order valence-corrected chi connectivity index (χ0v) is 14.6. The molecule has 1 amide bonds. The standard InChI is InChI=1S/C17H22N4O2S/c1-17(2)9-13(8-14(22)10-17)18-11-15(23)20-21-16(24)19-12-6-4-3-5-7-12/h3-8,18H,9-11H2,1-2H3,(H,20,23)(H2,19,21,24). The maximum atomic E-state index is 11.8. The van der Waals surface area contributed by atoms with Crippen molar-refractivity contribution in [3.63, 3.8) is 0 Å². The van der Waals surface area contributed by atoms with Gasteiger partial charge in [-0.3, -0.25) is 20.4 Å². The quantitative estimate of drug-likeness (QED) is 0.492. The molecule has 1 aromatic carbocycles. The van der Waals surface area contributed by atoms with Crippen LogP contribution in [0.5, 0.6) is 0 Å². The van der Waals surface area contributed by atoms with Crippen LogP contribution in [0.2, 0.25) is 0 Å². The second-order valence-electron chi connectivity index (χ2n) is 6.50. The first-order chi connectivity index (χ1) is 11.3. The van der Waals surface area contributed by atoms with E-state index in [9.17, 15) is 9.59 Å². The van der Waals surface area contributed by atoms with Gasteiger partial charge in [-0.2, -0.15) is 0 Å². The summed E-state index contributed by atoms with van der Waals surface area (Å²) in [5.74, 6) is -0.190. The van der Waals surface area contributed by atoms with Crippen molar-refractivity contribution in [3.05, 3.63) is 42.1 Å². The Balaban J connectivity index is 1.72. The molecule has 0 aliphatic heterocycles. The van der Waals surface area contributed by atoms with Crippen molar-refractivity contribution in [2.24, 2.45) is 5.41 Å². The Hall–Kier alpha value is -2.41. The van der Waals surface area contributed by atoms with Gasteiger partial charge in [0.1, 0.15) is 0 Å². The zero-order valence-electron chi connectivity index (χ0n) is 13.8. The third kappa shape index (κ3) is 6.00. The SMILES string of the molecule is CC1(C)CC(=O)C=C(NCC(=O)NNC(=S)Nc2ccccc2)C1. The lowest BCUT2D eigenvalue weighted by Gasteiger charge is -2.29. The number of carbonyl (C=O) groups is 2. The number of para-hydroxylation sites is 1. The first-order valence-corrected chi connectivity index (χ1v) is 8.13. The Morgan fingerprint density at radius 2 is 1.88 bits per heavy atom. The highest BCUT2D eigenvalue weighted by atomic mass is 32.1. The van der Waals surface area contributed by atoms with Gasteiger partial charge in [-0.1, -0.05) is 32.0 Å². The molecule has 4 N–H and O–H groups in total. The summed E-state index contributed by atoms with van der Waals surface area (Å²) in [4.78, 5) is 23.5. The molecule has 1 aromatic rings. The Bertz CT molecular complexity index is 656. The molecule has 0 unspecified atom stereocenters. The van der Waals surface area contributed by atoms with Gasteiger partial charge in [0.05, 0.1) is 6.54 Å². The molecule has 0 atom stereocenters. The van der Waals surface area contributed by atoms with E-state index < -0.39 is 0 Å². The summed E-state index contributed by atoms with van der Waals surface area (Å²) in [7, 11) is 0. The molecule has 0 saturated carbocycles. The van der Waals surface area contributed by atoms with Crippen molar-refractivity contribution in [2.75, 3.05) is 11.9 Å². The number of thiocarbonyl (C=S) groups is 1. The third-order valence-corrected chi connectivity index (χ3v) is 3.68. The lowest BCUT2D eigenvalue weighted by atomic mass is 9.79. The van der Waals surface area contributed by atoms with Crippen LogP contribution in [0.15, 0.2) is 42.1 Å². The van der Waals surface area contributed by atoms with Crippen molar-refractivity contribution >= 4 is 34.7 Å². The molecule has 0 aromatic heterocycles. The fraction of sp³-hybridized carbons (Fsp3) is 0.353. The van der Waals surface area contributed by atoms with Gasteiger partial charge in [-0.25, -0.2) is 0 Å². The summed E-state index contributed by atoms with van der Waals surface area (Å²) in [6.45, 7) is 4.14. The second kappa shape index (κ2) is 7.92. The summed E-state index contributed by atoms with van der Waals surface area (Å²) >= 11 is 5.10. The molecule has 0 heterocycles. The molecule has 6 nitrogen and oxygen atoms in total. The van der Waals surface area contributed by atoms with Crippen LogP contribution >= 0.6 is 12.2 Å². The average Bonchev–Trinajstić information content (AvgIpc) is 2.50. The summed E-state index contributed by atoms with van der Waals surface area (Å²) < 4.78 is 0. The number of anilines is 1. The Morgan fingerprint density at radius 1 is 1.17 bits per heavy atom. The number of hydrogen-bond donors (Lipinski definition) is 4. The number of hydrazine groups is 1. The fourth-order valence-corrected chi connectivity index (χ4v) is 2.68. The van der Waals surface area contributed by atoms with E-state index in [0.717, 1.165) is 17.8 Å². The molecular formula is C17H22N4O2S. The smallest absolute Gasteiger partial charge is 0.257 e. The first kappa shape index (κ1) is 17.9. The van der Waals surface area contributed by atoms with E-state index in [0.29, 0.717) is 11.5 Å². The Labute approximate surface area is 147 Å². The van der Waals surface area contributed by atoms with Gasteiger partial charge in [-0.05, 0) is 36.2 Å². The van der Waals surface area contributed by atoms with Crippen molar-refractivity contribution in [1.29, 1.82) is 0 Å². The summed E-state index contributed by atoms with van der Waals surface area (Å²) in [5, 5.41) is 6.25. The van der Waals surface area contributed by atoms with Crippen LogP contribution in [-0.4, -0.2) is 23.3 Å². The van der Waals surface area contributed by atoms with Gasteiger partial charge in [-0.15, -0.1) is 0 Å². The Kier molecular flexibility index (Phi) is 5.92. The molecule has 0 radical (unpaired) electrons. The second-order valence-corrected chi connectivity index (χ2v) is 6.91. The minimum Gasteiger partial charge on any atom is -0.379 e. The number of amides is 1. The largest absolute Gasteiger partial charge is 0.379 e. The predicted molar refractivity (Wildman–Crippen MR) is 98.0 cm³/mol. The Morgan fingerprint density at radius 3 is 2.54 bits per heavy atom. The zero-order chi connectivity index (χ0) is 17.6. The minimum absolute atomic E-state index is 0.0656. The molecule has 128 valence electrons. The van der Waals surface area contributed by atoms with Crippen LogP contribution in [-0.2, 0) is 9.59 Å². The number of carbonyl (C=O) groups excluding carboxylic acids is 2. The van der Waals surface area contributed by atoms with Crippen molar-refractivity contribution in [3.8, 4) is 0 Å². The third-order valence-electron chi connectivity index (χ3n) is 3.48. The molecule has 0 bridgehead atoms. The molecule has 0 spiro atoms. The summed E-state index contributed by atoms with van der Waals surface area (Å²) in [6, 6.07) is 9.40. The van der Waals surface area contributed by atoms with E-state index in [2.05, 4.69) is 21.5 Å². The van der Waals surface area contributed by atoms with E-state index in [1.54, 1.807) is 6.08 Å². The number of hydrogen-bond acceptors (Lipinski definition) is 4. The van der Waals surface area contributed by atoms with E-state index >= 15 is 0 Å². The first-order valence-electron chi connectivity index (χ1n) is 7.72. The van der Waals surface area contributed by atoms with Crippen LogP contribution in [0.4, 0.5) is 5.69 Å². The minimum atomic E-state index is -0.274. The van der Waals surface area contributed by atoms with E-state index in [-0.39, 0.29) is 23.7 Å². The number of ketones is 1. The van der Waals surface area contributed by atoms with Gasteiger partial charge >= 0.3 is 0 Å². The van der Waals surface area contributed by atoms with E-state index in [1.165, 1.54) is 0 Å². The summed E-state index contributed by atoms with van der Waals surface area (Å²) in [5.41, 5.74) is 6.68. The highest BCUT2D eigenvalue weighted by Crippen LogP contribution is 2.32. The van der Waals surface area contributed by atoms with Crippen molar-refractivity contribution in [1.82, 2.24) is 16.2 Å². The highest BCUT2D eigenvalue weighted by molar-refractivity contribution is 7.80. The maximum absolute atomic E-state index is 11.8. The number of nitrogens with one attached hydrogen (secondary N) is 4. The molecule has 2 rings (SSSR count). The predicted octanol–water partition coefficient (Wildman–Crippen LogP) is 1.87. The molecule has 7 heteroatoms. The monoisotopic (exact) mass is 346 g/mol. The highest BCUT2D eigenvalue weighted by Gasteiger charge is 2.27. The molecular weight excluding hydrogens is 324 g/mol. The molecule has 1 aliphatic rings. The van der Waals surface area contributed by atoms with Gasteiger partial charge < -0.3 is 10.6 Å². The van der Waals surface area contributed by atoms with Gasteiger partial charge in [0.15, 0.2) is 10.9 Å². The van der Waals surface area contributed by atoms with Crippen molar-refractivity contribution in [2.45, 2.75) is 26.7 Å². The van der Waals surface area contributed by atoms with E-state index in [4.69, 9.17) is 12.2 Å². The van der Waals surface area contributed by atoms with Crippen LogP contribution in [0.25, 0.3) is 0 Å². The van der Waals surface area contributed by atoms with Gasteiger partial charge in [0.2, 0.25) is 0 Å². The topological polar surface area (TPSA) is 82.3 Å². The lowest BCUT2D eigenvalue weighted by molar-refractivity contribution is -0.121. The number of allylic oxidation sites excluding steroid dienone is 2. The molecule has 0 fully saturated rings. The normalized spacial score (nSPS) is 15.9. The number of benzene rings is 1. The van der Waals surface area contributed by atoms with Gasteiger partial charge in [0.25, 0.3) is 5.91 Å². The summed E-state index contributed by atoms with van der Waals surface area (Å²) in [6.07, 6.45) is 2.85. The lowest BCUT2D eigenvalue weighted by Crippen LogP contribution is -2.47. The molecule has 1 aliphatic carbocycles. The van der Waals surface area contributed by atoms with Crippen LogP contribution in [0.3, 0.4) is 0 Å². The maximum Gasteiger partial charge on any atom is 0.257 e.